The van der Waals surface area contributed by atoms with Crippen molar-refractivity contribution in [2.75, 3.05) is 6.54 Å². The number of hydrogen-bond donors (Lipinski definition) is 7. The van der Waals surface area contributed by atoms with Gasteiger partial charge in [-0.1, -0.05) is 24.3 Å². The smallest absolute Gasteiger partial charge is 0.335 e. The van der Waals surface area contributed by atoms with E-state index in [-0.39, 0.29) is 17.5 Å². The average Bonchev–Trinajstić information content (AvgIpc) is 2.79. The summed E-state index contributed by atoms with van der Waals surface area (Å²) in [5.74, 6) is -1.27. The predicted octanol–water partition coefficient (Wildman–Crippen LogP) is 0.268. The maximum absolute atomic E-state index is 11.4. The molecule has 2 aromatic carbocycles. The highest BCUT2D eigenvalue weighted by Crippen LogP contribution is 2.30. The zero-order valence-corrected chi connectivity index (χ0v) is 18.0. The molecule has 10 heteroatoms. The van der Waals surface area contributed by atoms with Crippen LogP contribution in [0.5, 0.6) is 11.5 Å². The van der Waals surface area contributed by atoms with Crippen LogP contribution < -0.4 is 5.32 Å². The lowest BCUT2D eigenvalue weighted by molar-refractivity contribution is -0.307. The molecule has 7 atom stereocenters. The van der Waals surface area contributed by atoms with E-state index in [9.17, 15) is 35.4 Å². The molecule has 1 heterocycles. The van der Waals surface area contributed by atoms with Crippen molar-refractivity contribution in [2.24, 2.45) is 0 Å². The van der Waals surface area contributed by atoms with Crippen LogP contribution in [0.4, 0.5) is 0 Å². The summed E-state index contributed by atoms with van der Waals surface area (Å²) >= 11 is 0. The van der Waals surface area contributed by atoms with Crippen LogP contribution in [-0.4, -0.2) is 79.9 Å². The number of carboxylic acid groups (broad SMARTS) is 1. The Kier molecular flexibility index (Phi) is 8.25. The molecule has 1 aliphatic heterocycles. The molecule has 1 aliphatic rings. The number of carbonyl (C=O) groups is 1. The fourth-order valence-corrected chi connectivity index (χ4v) is 3.67. The third kappa shape index (κ3) is 6.20. The minimum Gasteiger partial charge on any atom is -0.508 e. The summed E-state index contributed by atoms with van der Waals surface area (Å²) in [6.07, 6.45) is -8.67. The molecule has 0 amide bonds. The Labute approximate surface area is 190 Å². The molecule has 1 saturated heterocycles. The van der Waals surface area contributed by atoms with Crippen molar-refractivity contribution >= 4 is 5.97 Å². The average molecular weight is 463 g/mol. The van der Waals surface area contributed by atoms with Gasteiger partial charge in [0, 0.05) is 6.04 Å². The van der Waals surface area contributed by atoms with Gasteiger partial charge < -0.3 is 45.4 Å². The third-order valence-electron chi connectivity index (χ3n) is 5.59. The van der Waals surface area contributed by atoms with Gasteiger partial charge >= 0.3 is 5.97 Å². The second-order valence-electron chi connectivity index (χ2n) is 8.04. The van der Waals surface area contributed by atoms with Crippen LogP contribution in [0.3, 0.4) is 0 Å². The van der Waals surface area contributed by atoms with Gasteiger partial charge in [0.15, 0.2) is 12.4 Å². The van der Waals surface area contributed by atoms with Crippen LogP contribution in [0.1, 0.15) is 24.2 Å². The molecule has 0 aliphatic carbocycles. The van der Waals surface area contributed by atoms with Gasteiger partial charge in [-0.2, -0.15) is 0 Å². The first kappa shape index (κ1) is 24.9. The predicted molar refractivity (Wildman–Crippen MR) is 116 cm³/mol. The Bertz CT molecular complexity index is 905. The van der Waals surface area contributed by atoms with E-state index in [0.29, 0.717) is 18.5 Å². The van der Waals surface area contributed by atoms with Crippen molar-refractivity contribution in [1.29, 1.82) is 0 Å². The highest BCUT2D eigenvalue weighted by molar-refractivity contribution is 5.73. The number of benzene rings is 2. The monoisotopic (exact) mass is 463 g/mol. The number of phenols is 2. The van der Waals surface area contributed by atoms with Crippen molar-refractivity contribution in [2.45, 2.75) is 56.2 Å². The normalized spacial score (nSPS) is 27.1. The summed E-state index contributed by atoms with van der Waals surface area (Å²) in [5.41, 5.74) is 1.61. The van der Waals surface area contributed by atoms with Crippen molar-refractivity contribution < 1.29 is 44.9 Å². The SMILES string of the molecule is CC(NCCc1ccc(O)cc1)C(O[C@@H]1O[C@H](C(=O)O)[C@@H](O)[C@@H](O)[C@H]1O)c1ccc(O)cc1. The Morgan fingerprint density at radius 1 is 0.970 bits per heavy atom. The third-order valence-corrected chi connectivity index (χ3v) is 5.59. The van der Waals surface area contributed by atoms with E-state index >= 15 is 0 Å². The molecule has 2 aromatic rings. The highest BCUT2D eigenvalue weighted by Gasteiger charge is 2.48. The summed E-state index contributed by atoms with van der Waals surface area (Å²) in [6.45, 7) is 2.36. The van der Waals surface area contributed by atoms with E-state index < -0.39 is 42.8 Å². The number of carboxylic acids is 1. The number of aliphatic hydroxyl groups excluding tert-OH is 3. The molecule has 0 radical (unpaired) electrons. The standard InChI is InChI=1S/C23H29NO9/c1-12(24-11-10-13-2-6-15(25)7-3-13)20(14-4-8-16(26)9-5-14)32-23-19(29)17(27)18(28)21(33-23)22(30)31/h2-9,12,17-21,23-29H,10-11H2,1H3,(H,30,31)/t12?,17-,18+,19-,20?,21+,23-/m1/s1. The van der Waals surface area contributed by atoms with Crippen LogP contribution in [-0.2, 0) is 20.7 Å². The van der Waals surface area contributed by atoms with Crippen LogP contribution >= 0.6 is 0 Å². The van der Waals surface area contributed by atoms with Crippen molar-refractivity contribution in [3.63, 3.8) is 0 Å². The van der Waals surface area contributed by atoms with E-state index in [4.69, 9.17) is 9.47 Å². The molecule has 0 spiro atoms. The molecule has 180 valence electrons. The highest BCUT2D eigenvalue weighted by atomic mass is 16.7. The molecular formula is C23H29NO9. The number of aliphatic carboxylic acids is 1. The Hall–Kier alpha value is -2.73. The number of ether oxygens (including phenoxy) is 2. The minimum absolute atomic E-state index is 0.0453. The Balaban J connectivity index is 1.74. The van der Waals surface area contributed by atoms with Crippen molar-refractivity contribution in [3.05, 3.63) is 59.7 Å². The molecule has 33 heavy (non-hydrogen) atoms. The van der Waals surface area contributed by atoms with E-state index in [1.54, 1.807) is 36.4 Å². The molecule has 7 N–H and O–H groups in total. The maximum Gasteiger partial charge on any atom is 0.335 e. The van der Waals surface area contributed by atoms with Crippen LogP contribution in [0.25, 0.3) is 0 Å². The van der Waals surface area contributed by atoms with Crippen molar-refractivity contribution in [3.8, 4) is 11.5 Å². The first-order valence-corrected chi connectivity index (χ1v) is 10.6. The second-order valence-corrected chi connectivity index (χ2v) is 8.04. The van der Waals surface area contributed by atoms with E-state index in [1.807, 2.05) is 6.92 Å². The quantitative estimate of drug-likeness (QED) is 0.274. The first-order chi connectivity index (χ1) is 15.7. The molecule has 10 nitrogen and oxygen atoms in total. The van der Waals surface area contributed by atoms with Crippen molar-refractivity contribution in [1.82, 2.24) is 5.32 Å². The fourth-order valence-electron chi connectivity index (χ4n) is 3.67. The summed E-state index contributed by atoms with van der Waals surface area (Å²) in [4.78, 5) is 11.4. The van der Waals surface area contributed by atoms with Gasteiger partial charge in [-0.25, -0.2) is 4.79 Å². The van der Waals surface area contributed by atoms with E-state index in [0.717, 1.165) is 5.56 Å². The molecular weight excluding hydrogens is 434 g/mol. The summed E-state index contributed by atoms with van der Waals surface area (Å²) in [6, 6.07) is 12.6. The zero-order valence-electron chi connectivity index (χ0n) is 18.0. The largest absolute Gasteiger partial charge is 0.508 e. The molecule has 1 fully saturated rings. The lowest BCUT2D eigenvalue weighted by atomic mass is 9.98. The lowest BCUT2D eigenvalue weighted by Gasteiger charge is -2.40. The van der Waals surface area contributed by atoms with Gasteiger partial charge in [0.25, 0.3) is 0 Å². The summed E-state index contributed by atoms with van der Waals surface area (Å²) in [5, 5.41) is 61.9. The van der Waals surface area contributed by atoms with Gasteiger partial charge in [-0.3, -0.25) is 0 Å². The number of rotatable bonds is 9. The number of phenolic OH excluding ortho intramolecular Hbond substituents is 2. The fraction of sp³-hybridized carbons (Fsp3) is 0.435. The van der Waals surface area contributed by atoms with Crippen LogP contribution in [0, 0.1) is 0 Å². The van der Waals surface area contributed by atoms with Gasteiger partial charge in [0.05, 0.1) is 0 Å². The molecule has 0 aromatic heterocycles. The maximum atomic E-state index is 11.4. The topological polar surface area (TPSA) is 169 Å². The van der Waals surface area contributed by atoms with Gasteiger partial charge in [-0.05, 0) is 55.3 Å². The summed E-state index contributed by atoms with van der Waals surface area (Å²) < 4.78 is 11.2. The Morgan fingerprint density at radius 3 is 2.12 bits per heavy atom. The van der Waals surface area contributed by atoms with Crippen LogP contribution in [0.15, 0.2) is 48.5 Å². The number of nitrogens with one attached hydrogen (secondary N) is 1. The van der Waals surface area contributed by atoms with Gasteiger partial charge in [-0.15, -0.1) is 0 Å². The molecule has 0 saturated carbocycles. The molecule has 3 rings (SSSR count). The van der Waals surface area contributed by atoms with Gasteiger partial charge in [0.2, 0.25) is 0 Å². The minimum atomic E-state index is -1.81. The van der Waals surface area contributed by atoms with E-state index in [2.05, 4.69) is 5.32 Å². The molecule has 0 bridgehead atoms. The molecule has 2 unspecified atom stereocenters. The summed E-state index contributed by atoms with van der Waals surface area (Å²) in [7, 11) is 0. The number of aromatic hydroxyl groups is 2. The first-order valence-electron chi connectivity index (χ1n) is 10.6. The zero-order chi connectivity index (χ0) is 24.1. The Morgan fingerprint density at radius 2 is 1.55 bits per heavy atom. The number of hydrogen-bond acceptors (Lipinski definition) is 9. The van der Waals surface area contributed by atoms with Gasteiger partial charge in [0.1, 0.15) is 35.9 Å². The number of aliphatic hydroxyl groups is 3. The lowest BCUT2D eigenvalue weighted by Crippen LogP contribution is -2.60. The van der Waals surface area contributed by atoms with Crippen LogP contribution in [0.2, 0.25) is 0 Å². The van der Waals surface area contributed by atoms with E-state index in [1.165, 1.54) is 12.1 Å². The second kappa shape index (κ2) is 10.9.